The van der Waals surface area contributed by atoms with E-state index in [0.29, 0.717) is 11.3 Å². The van der Waals surface area contributed by atoms with Crippen molar-refractivity contribution in [2.45, 2.75) is 6.18 Å². The second-order valence-corrected chi connectivity index (χ2v) is 5.33. The van der Waals surface area contributed by atoms with Gasteiger partial charge in [0.15, 0.2) is 5.69 Å². The van der Waals surface area contributed by atoms with Gasteiger partial charge in [0.1, 0.15) is 5.75 Å². The summed E-state index contributed by atoms with van der Waals surface area (Å²) in [7, 11) is 1.48. The van der Waals surface area contributed by atoms with E-state index in [9.17, 15) is 23.3 Å². The van der Waals surface area contributed by atoms with E-state index in [1.54, 1.807) is 24.3 Å². The number of rotatable bonds is 4. The first-order valence-corrected chi connectivity index (χ1v) is 7.36. The molecule has 9 heteroatoms. The Bertz CT molecular complexity index is 933. The summed E-state index contributed by atoms with van der Waals surface area (Å²) in [6, 6.07) is 12.5. The normalized spacial score (nSPS) is 11.4. The molecule has 6 nitrogen and oxygen atoms in total. The number of benzene rings is 2. The average molecular weight is 363 g/mol. The molecule has 134 valence electrons. The highest BCUT2D eigenvalue weighted by atomic mass is 19.4. The largest absolute Gasteiger partial charge is 0.497 e. The summed E-state index contributed by atoms with van der Waals surface area (Å²) in [5.41, 5.74) is -0.248. The van der Waals surface area contributed by atoms with Gasteiger partial charge in [0.25, 0.3) is 5.69 Å². The lowest BCUT2D eigenvalue weighted by atomic mass is 10.1. The zero-order valence-corrected chi connectivity index (χ0v) is 13.4. The predicted octanol–water partition coefficient (Wildman–Crippen LogP) is 4.47. The van der Waals surface area contributed by atoms with Gasteiger partial charge in [-0.2, -0.15) is 18.3 Å². The van der Waals surface area contributed by atoms with Crippen molar-refractivity contribution in [3.63, 3.8) is 0 Å². The van der Waals surface area contributed by atoms with E-state index in [-0.39, 0.29) is 17.1 Å². The Morgan fingerprint density at radius 1 is 1.08 bits per heavy atom. The number of nitrogens with zero attached hydrogens (tertiary/aromatic N) is 3. The van der Waals surface area contributed by atoms with Crippen molar-refractivity contribution in [3.8, 4) is 22.7 Å². The van der Waals surface area contributed by atoms with Crippen molar-refractivity contribution in [3.05, 3.63) is 70.4 Å². The molecule has 0 bridgehead atoms. The molecule has 2 aromatic carbocycles. The molecule has 0 amide bonds. The van der Waals surface area contributed by atoms with Gasteiger partial charge in [0.2, 0.25) is 0 Å². The Hall–Kier alpha value is -3.36. The van der Waals surface area contributed by atoms with E-state index in [1.165, 1.54) is 31.4 Å². The van der Waals surface area contributed by atoms with Gasteiger partial charge in [-0.15, -0.1) is 0 Å². The Morgan fingerprint density at radius 3 is 2.19 bits per heavy atom. The molecule has 3 rings (SSSR count). The van der Waals surface area contributed by atoms with E-state index >= 15 is 0 Å². The van der Waals surface area contributed by atoms with E-state index in [1.807, 2.05) is 0 Å². The van der Waals surface area contributed by atoms with Crippen molar-refractivity contribution in [2.75, 3.05) is 7.11 Å². The van der Waals surface area contributed by atoms with Crippen molar-refractivity contribution in [1.29, 1.82) is 0 Å². The number of halogens is 3. The zero-order chi connectivity index (χ0) is 18.9. The lowest BCUT2D eigenvalue weighted by Crippen LogP contribution is -2.07. The fraction of sp³-hybridized carbons (Fsp3) is 0.118. The average Bonchev–Trinajstić information content (AvgIpc) is 3.07. The summed E-state index contributed by atoms with van der Waals surface area (Å²) in [6.45, 7) is 0. The number of alkyl halides is 3. The van der Waals surface area contributed by atoms with Gasteiger partial charge in [0, 0.05) is 17.7 Å². The van der Waals surface area contributed by atoms with Crippen LogP contribution in [0.3, 0.4) is 0 Å². The summed E-state index contributed by atoms with van der Waals surface area (Å²) >= 11 is 0. The molecular formula is C17H12F3N3O3. The van der Waals surface area contributed by atoms with Crippen molar-refractivity contribution >= 4 is 5.69 Å². The second-order valence-electron chi connectivity index (χ2n) is 5.33. The minimum absolute atomic E-state index is 0.164. The highest BCUT2D eigenvalue weighted by molar-refractivity contribution is 5.64. The predicted molar refractivity (Wildman–Crippen MR) is 87.2 cm³/mol. The van der Waals surface area contributed by atoms with Crippen molar-refractivity contribution < 1.29 is 22.8 Å². The lowest BCUT2D eigenvalue weighted by Gasteiger charge is -2.08. The highest BCUT2D eigenvalue weighted by Gasteiger charge is 2.35. The first-order valence-electron chi connectivity index (χ1n) is 7.36. The summed E-state index contributed by atoms with van der Waals surface area (Å²) in [5.74, 6) is 0.561. The number of nitro groups is 1. The summed E-state index contributed by atoms with van der Waals surface area (Å²) in [6.07, 6.45) is -4.62. The Kier molecular flexibility index (Phi) is 4.37. The third-order valence-electron chi connectivity index (χ3n) is 3.69. The maximum atomic E-state index is 13.1. The summed E-state index contributed by atoms with van der Waals surface area (Å²) in [5, 5.41) is 14.4. The highest BCUT2D eigenvalue weighted by Crippen LogP contribution is 2.34. The van der Waals surface area contributed by atoms with Gasteiger partial charge < -0.3 is 4.74 Å². The molecule has 0 aliphatic heterocycles. The Morgan fingerprint density at radius 2 is 1.69 bits per heavy atom. The van der Waals surface area contributed by atoms with Crippen LogP contribution in [-0.4, -0.2) is 21.8 Å². The molecule has 0 saturated carbocycles. The fourth-order valence-corrected chi connectivity index (χ4v) is 2.40. The number of aromatic nitrogens is 2. The van der Waals surface area contributed by atoms with Crippen molar-refractivity contribution in [2.24, 2.45) is 0 Å². The summed E-state index contributed by atoms with van der Waals surface area (Å²) < 4.78 is 45.5. The minimum Gasteiger partial charge on any atom is -0.497 e. The van der Waals surface area contributed by atoms with E-state index in [4.69, 9.17) is 4.74 Å². The minimum atomic E-state index is -4.62. The molecule has 0 spiro atoms. The molecule has 0 unspecified atom stereocenters. The van der Waals surface area contributed by atoms with Crippen LogP contribution >= 0.6 is 0 Å². The third-order valence-corrected chi connectivity index (χ3v) is 3.69. The molecule has 0 fully saturated rings. The van der Waals surface area contributed by atoms with Crippen LogP contribution in [0.5, 0.6) is 5.75 Å². The SMILES string of the molecule is COc1ccc(-c2cc(C(F)(F)F)nn2-c2ccc([N+](=O)[O-])cc2)cc1. The molecule has 0 aliphatic rings. The maximum absolute atomic E-state index is 13.1. The van der Waals surface area contributed by atoms with Crippen LogP contribution in [0, 0.1) is 10.1 Å². The van der Waals surface area contributed by atoms with Gasteiger partial charge in [-0.25, -0.2) is 4.68 Å². The van der Waals surface area contributed by atoms with Gasteiger partial charge in [-0.3, -0.25) is 10.1 Å². The molecule has 0 atom stereocenters. The molecule has 0 saturated heterocycles. The topological polar surface area (TPSA) is 70.2 Å². The molecule has 0 N–H and O–H groups in total. The first-order chi connectivity index (χ1) is 12.3. The molecular weight excluding hydrogens is 351 g/mol. The Balaban J connectivity index is 2.13. The van der Waals surface area contributed by atoms with Gasteiger partial charge in [-0.05, 0) is 42.5 Å². The smallest absolute Gasteiger partial charge is 0.435 e. The molecule has 0 aliphatic carbocycles. The number of nitro benzene ring substituents is 1. The van der Waals surface area contributed by atoms with E-state index in [2.05, 4.69) is 5.10 Å². The lowest BCUT2D eigenvalue weighted by molar-refractivity contribution is -0.384. The van der Waals surface area contributed by atoms with E-state index in [0.717, 1.165) is 10.7 Å². The van der Waals surface area contributed by atoms with Crippen LogP contribution in [0.15, 0.2) is 54.6 Å². The van der Waals surface area contributed by atoms with Crippen LogP contribution in [0.25, 0.3) is 16.9 Å². The fourth-order valence-electron chi connectivity index (χ4n) is 2.40. The maximum Gasteiger partial charge on any atom is 0.435 e. The summed E-state index contributed by atoms with van der Waals surface area (Å²) in [4.78, 5) is 10.2. The first kappa shape index (κ1) is 17.5. The number of hydrogen-bond acceptors (Lipinski definition) is 4. The molecule has 1 aromatic heterocycles. The van der Waals surface area contributed by atoms with Gasteiger partial charge >= 0.3 is 6.18 Å². The Labute approximate surface area is 145 Å². The van der Waals surface area contributed by atoms with E-state index < -0.39 is 16.8 Å². The van der Waals surface area contributed by atoms with Crippen LogP contribution in [-0.2, 0) is 6.18 Å². The number of methoxy groups -OCH3 is 1. The number of non-ortho nitro benzene ring substituents is 1. The van der Waals surface area contributed by atoms with Crippen LogP contribution in [0.2, 0.25) is 0 Å². The molecule has 0 radical (unpaired) electrons. The van der Waals surface area contributed by atoms with Gasteiger partial charge in [-0.1, -0.05) is 0 Å². The quantitative estimate of drug-likeness (QED) is 0.506. The van der Waals surface area contributed by atoms with Crippen molar-refractivity contribution in [1.82, 2.24) is 9.78 Å². The zero-order valence-electron chi connectivity index (χ0n) is 13.4. The monoisotopic (exact) mass is 363 g/mol. The number of hydrogen-bond donors (Lipinski definition) is 0. The second kappa shape index (κ2) is 6.51. The van der Waals surface area contributed by atoms with Crippen LogP contribution in [0.4, 0.5) is 18.9 Å². The molecule has 26 heavy (non-hydrogen) atoms. The standard InChI is InChI=1S/C17H12F3N3O3/c1-26-14-8-2-11(3-9-14)15-10-16(17(18,19)20)21-22(15)12-4-6-13(7-5-12)23(24)25/h2-10H,1H3. The van der Waals surface area contributed by atoms with Crippen LogP contribution < -0.4 is 4.74 Å². The van der Waals surface area contributed by atoms with Gasteiger partial charge in [0.05, 0.1) is 23.4 Å². The molecule has 1 heterocycles. The third kappa shape index (κ3) is 3.37. The number of ether oxygens (including phenoxy) is 1. The van der Waals surface area contributed by atoms with Crippen LogP contribution in [0.1, 0.15) is 5.69 Å². The molecule has 3 aromatic rings.